The molecule has 0 saturated carbocycles. The van der Waals surface area contributed by atoms with Crippen molar-refractivity contribution in [1.82, 2.24) is 20.2 Å². The van der Waals surface area contributed by atoms with E-state index in [1.165, 1.54) is 0 Å². The zero-order valence-corrected chi connectivity index (χ0v) is 9.22. The summed E-state index contributed by atoms with van der Waals surface area (Å²) in [6.45, 7) is 4.84. The van der Waals surface area contributed by atoms with Crippen LogP contribution in [-0.2, 0) is 17.9 Å². The molecule has 0 radical (unpaired) electrons. The molecule has 0 spiro atoms. The summed E-state index contributed by atoms with van der Waals surface area (Å²) < 4.78 is 7.17. The molecule has 15 heavy (non-hydrogen) atoms. The first-order valence-corrected chi connectivity index (χ1v) is 5.41. The number of tetrazole rings is 1. The number of ether oxygens (including phenoxy) is 1. The van der Waals surface area contributed by atoms with Gasteiger partial charge in [-0.05, 0) is 36.2 Å². The average Bonchev–Trinajstić information content (AvgIpc) is 2.67. The Morgan fingerprint density at radius 1 is 1.40 bits per heavy atom. The van der Waals surface area contributed by atoms with E-state index in [0.717, 1.165) is 38.2 Å². The average molecular weight is 213 g/mol. The van der Waals surface area contributed by atoms with Gasteiger partial charge in [0.2, 0.25) is 0 Å². The molecule has 0 aliphatic rings. The van der Waals surface area contributed by atoms with Crippen molar-refractivity contribution in [3.05, 3.63) is 5.82 Å². The van der Waals surface area contributed by atoms with Gasteiger partial charge >= 0.3 is 0 Å². The monoisotopic (exact) mass is 213 g/mol. The smallest absolute Gasteiger partial charge is 0.177 e. The van der Waals surface area contributed by atoms with Gasteiger partial charge in [-0.1, -0.05) is 6.92 Å². The summed E-state index contributed by atoms with van der Waals surface area (Å²) in [5.74, 6) is 0.792. The van der Waals surface area contributed by atoms with Crippen LogP contribution in [0.5, 0.6) is 0 Å². The molecule has 2 N–H and O–H groups in total. The lowest BCUT2D eigenvalue weighted by Gasteiger charge is -2.04. The van der Waals surface area contributed by atoms with Gasteiger partial charge in [-0.25, -0.2) is 4.68 Å². The maximum Gasteiger partial charge on any atom is 0.177 e. The SMILES string of the molecule is CCCOCc1nnnn1CCCCN. The molecule has 0 amide bonds. The van der Waals surface area contributed by atoms with Gasteiger partial charge in [0.05, 0.1) is 0 Å². The topological polar surface area (TPSA) is 78.9 Å². The van der Waals surface area contributed by atoms with Gasteiger partial charge in [0.15, 0.2) is 5.82 Å². The van der Waals surface area contributed by atoms with E-state index >= 15 is 0 Å². The molecule has 0 atom stereocenters. The summed E-state index contributed by atoms with van der Waals surface area (Å²) in [7, 11) is 0. The highest BCUT2D eigenvalue weighted by molar-refractivity contribution is 4.76. The maximum atomic E-state index is 5.42. The number of nitrogens with two attached hydrogens (primary N) is 1. The van der Waals surface area contributed by atoms with Crippen molar-refractivity contribution in [3.63, 3.8) is 0 Å². The van der Waals surface area contributed by atoms with Crippen LogP contribution in [0.4, 0.5) is 0 Å². The molecule has 0 aliphatic heterocycles. The number of rotatable bonds is 8. The standard InChI is InChI=1S/C9H19N5O/c1-2-7-15-8-9-11-12-13-14(9)6-4-3-5-10/h2-8,10H2,1H3. The maximum absolute atomic E-state index is 5.42. The van der Waals surface area contributed by atoms with Crippen LogP contribution in [0.15, 0.2) is 0 Å². The molecule has 86 valence electrons. The highest BCUT2D eigenvalue weighted by atomic mass is 16.5. The lowest BCUT2D eigenvalue weighted by Crippen LogP contribution is -2.09. The molecule has 0 unspecified atom stereocenters. The Morgan fingerprint density at radius 2 is 2.27 bits per heavy atom. The van der Waals surface area contributed by atoms with Crippen molar-refractivity contribution in [1.29, 1.82) is 0 Å². The number of unbranched alkanes of at least 4 members (excludes halogenated alkanes) is 1. The fraction of sp³-hybridized carbons (Fsp3) is 0.889. The van der Waals surface area contributed by atoms with Crippen LogP contribution < -0.4 is 5.73 Å². The molecule has 1 aromatic heterocycles. The normalized spacial score (nSPS) is 10.8. The van der Waals surface area contributed by atoms with Crippen LogP contribution >= 0.6 is 0 Å². The Balaban J connectivity index is 2.32. The predicted molar refractivity (Wildman–Crippen MR) is 56.1 cm³/mol. The van der Waals surface area contributed by atoms with Crippen LogP contribution in [0.3, 0.4) is 0 Å². The minimum atomic E-state index is 0.490. The Hall–Kier alpha value is -1.01. The number of aromatic nitrogens is 4. The molecule has 0 saturated heterocycles. The lowest BCUT2D eigenvalue weighted by molar-refractivity contribution is 0.112. The van der Waals surface area contributed by atoms with Crippen molar-refractivity contribution < 1.29 is 4.74 Å². The minimum Gasteiger partial charge on any atom is -0.373 e. The highest BCUT2D eigenvalue weighted by Gasteiger charge is 2.04. The number of aryl methyl sites for hydroxylation is 1. The third-order valence-electron chi connectivity index (χ3n) is 2.01. The van der Waals surface area contributed by atoms with E-state index in [1.54, 1.807) is 4.68 Å². The summed E-state index contributed by atoms with van der Waals surface area (Å²) >= 11 is 0. The number of hydrogen-bond acceptors (Lipinski definition) is 5. The summed E-state index contributed by atoms with van der Waals surface area (Å²) in [5.41, 5.74) is 5.42. The lowest BCUT2D eigenvalue weighted by atomic mass is 10.3. The second-order valence-corrected chi connectivity index (χ2v) is 3.37. The third-order valence-corrected chi connectivity index (χ3v) is 2.01. The van der Waals surface area contributed by atoms with Crippen molar-refractivity contribution in [3.8, 4) is 0 Å². The van der Waals surface area contributed by atoms with Crippen molar-refractivity contribution in [2.24, 2.45) is 5.73 Å². The first-order chi connectivity index (χ1) is 7.38. The van der Waals surface area contributed by atoms with Crippen molar-refractivity contribution in [2.75, 3.05) is 13.2 Å². The second-order valence-electron chi connectivity index (χ2n) is 3.37. The number of nitrogens with zero attached hydrogens (tertiary/aromatic N) is 4. The molecule has 6 heteroatoms. The fourth-order valence-electron chi connectivity index (χ4n) is 1.21. The molecule has 0 aliphatic carbocycles. The Morgan fingerprint density at radius 3 is 3.00 bits per heavy atom. The predicted octanol–water partition coefficient (Wildman–Crippen LogP) is 0.339. The van der Waals surface area contributed by atoms with Gasteiger partial charge in [-0.2, -0.15) is 0 Å². The minimum absolute atomic E-state index is 0.490. The first kappa shape index (κ1) is 12.1. The van der Waals surface area contributed by atoms with E-state index in [1.807, 2.05) is 0 Å². The molecule has 1 rings (SSSR count). The summed E-state index contributed by atoms with van der Waals surface area (Å²) in [6.07, 6.45) is 3.01. The van der Waals surface area contributed by atoms with Gasteiger partial charge in [0.1, 0.15) is 6.61 Å². The number of hydrogen-bond donors (Lipinski definition) is 1. The molecule has 0 aromatic carbocycles. The van der Waals surface area contributed by atoms with Gasteiger partial charge in [0, 0.05) is 13.2 Å². The molecule has 1 aromatic rings. The molecular formula is C9H19N5O. The Kier molecular flexibility index (Phi) is 5.87. The van der Waals surface area contributed by atoms with E-state index in [9.17, 15) is 0 Å². The molecule has 1 heterocycles. The van der Waals surface area contributed by atoms with Crippen LogP contribution in [0.1, 0.15) is 32.0 Å². The first-order valence-electron chi connectivity index (χ1n) is 5.41. The van der Waals surface area contributed by atoms with E-state index in [0.29, 0.717) is 13.2 Å². The molecule has 0 bridgehead atoms. The highest BCUT2D eigenvalue weighted by Crippen LogP contribution is 1.99. The van der Waals surface area contributed by atoms with Crippen LogP contribution in [0.2, 0.25) is 0 Å². The molecule has 6 nitrogen and oxygen atoms in total. The van der Waals surface area contributed by atoms with Gasteiger partial charge < -0.3 is 10.5 Å². The quantitative estimate of drug-likeness (QED) is 0.630. The zero-order valence-electron chi connectivity index (χ0n) is 9.22. The van der Waals surface area contributed by atoms with E-state index < -0.39 is 0 Å². The van der Waals surface area contributed by atoms with Crippen molar-refractivity contribution in [2.45, 2.75) is 39.3 Å². The molecular weight excluding hydrogens is 194 g/mol. The molecule has 0 fully saturated rings. The van der Waals surface area contributed by atoms with Crippen LogP contribution in [0, 0.1) is 0 Å². The van der Waals surface area contributed by atoms with Gasteiger partial charge in [0.25, 0.3) is 0 Å². The summed E-state index contributed by atoms with van der Waals surface area (Å²) in [5, 5.41) is 11.4. The van der Waals surface area contributed by atoms with Crippen LogP contribution in [0.25, 0.3) is 0 Å². The summed E-state index contributed by atoms with van der Waals surface area (Å²) in [4.78, 5) is 0. The second kappa shape index (κ2) is 7.30. The largest absolute Gasteiger partial charge is 0.373 e. The Bertz CT molecular complexity index is 238. The van der Waals surface area contributed by atoms with E-state index in [4.69, 9.17) is 10.5 Å². The van der Waals surface area contributed by atoms with Gasteiger partial charge in [-0.15, -0.1) is 5.10 Å². The zero-order chi connectivity index (χ0) is 10.9. The van der Waals surface area contributed by atoms with Crippen molar-refractivity contribution >= 4 is 0 Å². The van der Waals surface area contributed by atoms with E-state index in [2.05, 4.69) is 22.4 Å². The van der Waals surface area contributed by atoms with E-state index in [-0.39, 0.29) is 0 Å². The van der Waals surface area contributed by atoms with Gasteiger partial charge in [-0.3, -0.25) is 0 Å². The fourth-order valence-corrected chi connectivity index (χ4v) is 1.21. The Labute approximate surface area is 89.8 Å². The third kappa shape index (κ3) is 4.35. The van der Waals surface area contributed by atoms with Crippen LogP contribution in [-0.4, -0.2) is 33.4 Å². The summed E-state index contributed by atoms with van der Waals surface area (Å²) in [6, 6.07) is 0.